The Morgan fingerprint density at radius 3 is 1.93 bits per heavy atom. The molecular weight excluding hydrogens is 182 g/mol. The minimum atomic E-state index is 0.616. The molecule has 90 valence electrons. The number of rotatable bonds is 4. The summed E-state index contributed by atoms with van der Waals surface area (Å²) in [5.74, 6) is 2.77. The van der Waals surface area contributed by atoms with E-state index in [0.29, 0.717) is 12.1 Å². The van der Waals surface area contributed by atoms with E-state index in [2.05, 4.69) is 39.9 Å². The van der Waals surface area contributed by atoms with E-state index in [4.69, 9.17) is 0 Å². The zero-order chi connectivity index (χ0) is 11.4. The van der Waals surface area contributed by atoms with Crippen molar-refractivity contribution in [3.05, 3.63) is 0 Å². The van der Waals surface area contributed by atoms with Crippen LogP contribution in [0.1, 0.15) is 60.3 Å². The summed E-state index contributed by atoms with van der Waals surface area (Å²) in [6.07, 6.45) is 5.80. The molecule has 0 aromatic rings. The van der Waals surface area contributed by atoms with Gasteiger partial charge in [-0.3, -0.25) is 0 Å². The third kappa shape index (κ3) is 4.14. The molecule has 1 saturated carbocycles. The van der Waals surface area contributed by atoms with Crippen LogP contribution in [0.4, 0.5) is 0 Å². The molecular formula is C14H29N. The van der Waals surface area contributed by atoms with Gasteiger partial charge in [0.15, 0.2) is 0 Å². The van der Waals surface area contributed by atoms with E-state index in [0.717, 1.165) is 17.8 Å². The van der Waals surface area contributed by atoms with Crippen molar-refractivity contribution in [2.45, 2.75) is 72.4 Å². The first-order chi connectivity index (χ1) is 7.00. The van der Waals surface area contributed by atoms with E-state index in [1.165, 1.54) is 25.7 Å². The average Bonchev–Trinajstić information content (AvgIpc) is 2.17. The molecule has 1 N–H and O–H groups in total. The van der Waals surface area contributed by atoms with Gasteiger partial charge in [0.25, 0.3) is 0 Å². The van der Waals surface area contributed by atoms with Crippen molar-refractivity contribution >= 4 is 0 Å². The first kappa shape index (κ1) is 13.0. The molecule has 1 aliphatic rings. The molecule has 0 amide bonds. The highest BCUT2D eigenvalue weighted by Crippen LogP contribution is 2.34. The molecule has 0 aromatic heterocycles. The fourth-order valence-electron chi connectivity index (χ4n) is 2.90. The molecule has 1 heteroatoms. The second-order valence-corrected chi connectivity index (χ2v) is 5.99. The molecule has 0 aromatic carbocycles. The Hall–Kier alpha value is -0.0400. The van der Waals surface area contributed by atoms with Crippen LogP contribution in [0.2, 0.25) is 0 Å². The van der Waals surface area contributed by atoms with Crippen LogP contribution in [-0.2, 0) is 0 Å². The van der Waals surface area contributed by atoms with E-state index in [1.807, 2.05) is 0 Å². The predicted octanol–water partition coefficient (Wildman–Crippen LogP) is 3.84. The minimum absolute atomic E-state index is 0.616. The van der Waals surface area contributed by atoms with E-state index in [-0.39, 0.29) is 0 Å². The fraction of sp³-hybridized carbons (Fsp3) is 1.00. The lowest BCUT2D eigenvalue weighted by atomic mass is 9.75. The number of nitrogens with one attached hydrogen (secondary N) is 1. The molecule has 0 heterocycles. The Bertz CT molecular complexity index is 168. The molecule has 0 aliphatic heterocycles. The van der Waals surface area contributed by atoms with Gasteiger partial charge in [0.05, 0.1) is 0 Å². The summed E-state index contributed by atoms with van der Waals surface area (Å²) in [5.41, 5.74) is 0. The van der Waals surface area contributed by atoms with Crippen LogP contribution >= 0.6 is 0 Å². The van der Waals surface area contributed by atoms with E-state index >= 15 is 0 Å². The third-order valence-corrected chi connectivity index (χ3v) is 4.19. The maximum atomic E-state index is 3.65. The standard InChI is InChI=1S/C14H29N/c1-10(2)15-13(5)12(4)14-8-6-11(3)7-9-14/h10-15H,6-9H2,1-5H3. The smallest absolute Gasteiger partial charge is 0.00693 e. The molecule has 1 rings (SSSR count). The van der Waals surface area contributed by atoms with Crippen molar-refractivity contribution in [3.8, 4) is 0 Å². The highest BCUT2D eigenvalue weighted by atomic mass is 14.9. The SMILES string of the molecule is CC1CCC(C(C)C(C)NC(C)C)CC1. The molecule has 1 nitrogen and oxygen atoms in total. The molecule has 15 heavy (non-hydrogen) atoms. The van der Waals surface area contributed by atoms with Crippen LogP contribution in [0.5, 0.6) is 0 Å². The highest BCUT2D eigenvalue weighted by Gasteiger charge is 2.26. The second-order valence-electron chi connectivity index (χ2n) is 5.99. The Morgan fingerprint density at radius 1 is 0.933 bits per heavy atom. The third-order valence-electron chi connectivity index (χ3n) is 4.19. The Balaban J connectivity index is 2.35. The summed E-state index contributed by atoms with van der Waals surface area (Å²) in [4.78, 5) is 0. The maximum absolute atomic E-state index is 3.65. The second kappa shape index (κ2) is 5.89. The van der Waals surface area contributed by atoms with Crippen LogP contribution in [0.3, 0.4) is 0 Å². The maximum Gasteiger partial charge on any atom is 0.00693 e. The van der Waals surface area contributed by atoms with Gasteiger partial charge in [-0.2, -0.15) is 0 Å². The summed E-state index contributed by atoms with van der Waals surface area (Å²) in [6.45, 7) is 11.7. The molecule has 1 fully saturated rings. The zero-order valence-electron chi connectivity index (χ0n) is 11.2. The predicted molar refractivity (Wildman–Crippen MR) is 68.0 cm³/mol. The van der Waals surface area contributed by atoms with E-state index < -0.39 is 0 Å². The minimum Gasteiger partial charge on any atom is -0.312 e. The summed E-state index contributed by atoms with van der Waals surface area (Å²) in [7, 11) is 0. The largest absolute Gasteiger partial charge is 0.312 e. The van der Waals surface area contributed by atoms with Crippen molar-refractivity contribution in [3.63, 3.8) is 0 Å². The lowest BCUT2D eigenvalue weighted by molar-refractivity contribution is 0.187. The Labute approximate surface area is 96.0 Å². The van der Waals surface area contributed by atoms with Crippen molar-refractivity contribution in [1.29, 1.82) is 0 Å². The molecule has 0 radical (unpaired) electrons. The van der Waals surface area contributed by atoms with Crippen molar-refractivity contribution < 1.29 is 0 Å². The summed E-state index contributed by atoms with van der Waals surface area (Å²) < 4.78 is 0. The lowest BCUT2D eigenvalue weighted by Crippen LogP contribution is -2.40. The fourth-order valence-corrected chi connectivity index (χ4v) is 2.90. The van der Waals surface area contributed by atoms with Crippen LogP contribution in [-0.4, -0.2) is 12.1 Å². The van der Waals surface area contributed by atoms with Crippen LogP contribution < -0.4 is 5.32 Å². The van der Waals surface area contributed by atoms with E-state index in [1.54, 1.807) is 0 Å². The Morgan fingerprint density at radius 2 is 1.47 bits per heavy atom. The van der Waals surface area contributed by atoms with Crippen LogP contribution in [0, 0.1) is 17.8 Å². The quantitative estimate of drug-likeness (QED) is 0.745. The lowest BCUT2D eigenvalue weighted by Gasteiger charge is -2.35. The molecule has 0 spiro atoms. The summed E-state index contributed by atoms with van der Waals surface area (Å²) >= 11 is 0. The topological polar surface area (TPSA) is 12.0 Å². The molecule has 2 unspecified atom stereocenters. The van der Waals surface area contributed by atoms with Gasteiger partial charge in [-0.15, -0.1) is 0 Å². The van der Waals surface area contributed by atoms with E-state index in [9.17, 15) is 0 Å². The monoisotopic (exact) mass is 211 g/mol. The van der Waals surface area contributed by atoms with Crippen molar-refractivity contribution in [2.24, 2.45) is 17.8 Å². The van der Waals surface area contributed by atoms with Gasteiger partial charge in [0, 0.05) is 12.1 Å². The van der Waals surface area contributed by atoms with Crippen molar-refractivity contribution in [1.82, 2.24) is 5.32 Å². The van der Waals surface area contributed by atoms with Crippen LogP contribution in [0.15, 0.2) is 0 Å². The number of hydrogen-bond acceptors (Lipinski definition) is 1. The van der Waals surface area contributed by atoms with Gasteiger partial charge in [0.2, 0.25) is 0 Å². The first-order valence-corrected chi connectivity index (χ1v) is 6.76. The van der Waals surface area contributed by atoms with Gasteiger partial charge in [0.1, 0.15) is 0 Å². The van der Waals surface area contributed by atoms with Gasteiger partial charge >= 0.3 is 0 Å². The molecule has 1 aliphatic carbocycles. The summed E-state index contributed by atoms with van der Waals surface area (Å²) in [6, 6.07) is 1.29. The molecule has 0 saturated heterocycles. The van der Waals surface area contributed by atoms with Crippen molar-refractivity contribution in [2.75, 3.05) is 0 Å². The summed E-state index contributed by atoms with van der Waals surface area (Å²) in [5, 5.41) is 3.65. The normalized spacial score (nSPS) is 31.6. The highest BCUT2D eigenvalue weighted by molar-refractivity contribution is 4.80. The first-order valence-electron chi connectivity index (χ1n) is 6.76. The van der Waals surface area contributed by atoms with Gasteiger partial charge in [-0.25, -0.2) is 0 Å². The average molecular weight is 211 g/mol. The van der Waals surface area contributed by atoms with Gasteiger partial charge < -0.3 is 5.32 Å². The molecule has 2 atom stereocenters. The zero-order valence-corrected chi connectivity index (χ0v) is 11.2. The van der Waals surface area contributed by atoms with Gasteiger partial charge in [-0.05, 0) is 37.5 Å². The van der Waals surface area contributed by atoms with Crippen LogP contribution in [0.25, 0.3) is 0 Å². The van der Waals surface area contributed by atoms with Gasteiger partial charge in [-0.1, -0.05) is 40.5 Å². The molecule has 0 bridgehead atoms. The Kier molecular flexibility index (Phi) is 5.11. The number of hydrogen-bond donors (Lipinski definition) is 1.